The van der Waals surface area contributed by atoms with E-state index in [-0.39, 0.29) is 0 Å². The summed E-state index contributed by atoms with van der Waals surface area (Å²) in [6.45, 7) is 1.99. The van der Waals surface area contributed by atoms with Crippen molar-refractivity contribution in [3.05, 3.63) is 52.7 Å². The molecule has 1 N–H and O–H groups in total. The first-order valence-corrected chi connectivity index (χ1v) is 5.46. The summed E-state index contributed by atoms with van der Waals surface area (Å²) in [5.41, 5.74) is 2.45. The maximum atomic E-state index is 8.80. The molecule has 0 bridgehead atoms. The highest BCUT2D eigenvalue weighted by Gasteiger charge is 2.02. The smallest absolute Gasteiger partial charge is 0.131 e. The number of nitriles is 1. The second-order valence-electron chi connectivity index (χ2n) is 3.65. The Kier molecular flexibility index (Phi) is 3.27. The lowest BCUT2D eigenvalue weighted by atomic mass is 10.2. The summed E-state index contributed by atoms with van der Waals surface area (Å²) < 4.78 is 0. The average Bonchev–Trinajstić information content (AvgIpc) is 2.34. The van der Waals surface area contributed by atoms with Crippen molar-refractivity contribution in [2.75, 3.05) is 5.32 Å². The number of benzene rings is 1. The van der Waals surface area contributed by atoms with Crippen LogP contribution in [0.15, 0.2) is 36.5 Å². The standard InChI is InChI=1S/C13H10ClN3/c1-9-2-3-11(14)12(6-9)17-13-7-10(8-15)4-5-16-13/h2-7H,1H3,(H,16,17). The van der Waals surface area contributed by atoms with Gasteiger partial charge in [0.15, 0.2) is 0 Å². The Morgan fingerprint density at radius 3 is 2.88 bits per heavy atom. The van der Waals surface area contributed by atoms with Gasteiger partial charge in [-0.2, -0.15) is 5.26 Å². The predicted molar refractivity (Wildman–Crippen MR) is 68.4 cm³/mol. The van der Waals surface area contributed by atoms with Crippen LogP contribution in [-0.4, -0.2) is 4.98 Å². The summed E-state index contributed by atoms with van der Waals surface area (Å²) in [5.74, 6) is 0.608. The van der Waals surface area contributed by atoms with Gasteiger partial charge in [-0.05, 0) is 36.8 Å². The van der Waals surface area contributed by atoms with Crippen molar-refractivity contribution < 1.29 is 0 Å². The summed E-state index contributed by atoms with van der Waals surface area (Å²) in [7, 11) is 0. The van der Waals surface area contributed by atoms with E-state index in [1.165, 1.54) is 0 Å². The van der Waals surface area contributed by atoms with Crippen LogP contribution < -0.4 is 5.32 Å². The van der Waals surface area contributed by atoms with Crippen LogP contribution in [-0.2, 0) is 0 Å². The normalized spacial score (nSPS) is 9.71. The van der Waals surface area contributed by atoms with Crippen LogP contribution in [0.25, 0.3) is 0 Å². The van der Waals surface area contributed by atoms with E-state index >= 15 is 0 Å². The van der Waals surface area contributed by atoms with Crippen LogP contribution in [0.2, 0.25) is 5.02 Å². The number of nitrogens with one attached hydrogen (secondary N) is 1. The molecule has 4 heteroatoms. The van der Waals surface area contributed by atoms with Gasteiger partial charge in [0.2, 0.25) is 0 Å². The number of rotatable bonds is 2. The molecule has 1 aromatic carbocycles. The Balaban J connectivity index is 2.31. The molecule has 0 amide bonds. The fourth-order valence-corrected chi connectivity index (χ4v) is 1.61. The third kappa shape index (κ3) is 2.74. The molecule has 0 aliphatic carbocycles. The molecule has 17 heavy (non-hydrogen) atoms. The van der Waals surface area contributed by atoms with E-state index in [1.807, 2.05) is 25.1 Å². The monoisotopic (exact) mass is 243 g/mol. The Morgan fingerprint density at radius 1 is 1.29 bits per heavy atom. The summed E-state index contributed by atoms with van der Waals surface area (Å²) in [5, 5.41) is 12.5. The molecule has 1 aromatic heterocycles. The molecule has 3 nitrogen and oxygen atoms in total. The minimum absolute atomic E-state index is 0.561. The van der Waals surface area contributed by atoms with Crippen molar-refractivity contribution in [2.45, 2.75) is 6.92 Å². The highest BCUT2D eigenvalue weighted by atomic mass is 35.5. The molecule has 1 heterocycles. The first-order valence-electron chi connectivity index (χ1n) is 5.08. The van der Waals surface area contributed by atoms with Gasteiger partial charge in [-0.3, -0.25) is 0 Å². The Labute approximate surface area is 105 Å². The fraction of sp³-hybridized carbons (Fsp3) is 0.0769. The van der Waals surface area contributed by atoms with Crippen molar-refractivity contribution >= 4 is 23.1 Å². The lowest BCUT2D eigenvalue weighted by Gasteiger charge is -2.08. The Hall–Kier alpha value is -2.05. The van der Waals surface area contributed by atoms with Crippen molar-refractivity contribution in [2.24, 2.45) is 0 Å². The molecule has 0 saturated carbocycles. The number of hydrogen-bond acceptors (Lipinski definition) is 3. The molecule has 0 aliphatic heterocycles. The largest absolute Gasteiger partial charge is 0.339 e. The summed E-state index contributed by atoms with van der Waals surface area (Å²) in [4.78, 5) is 4.13. The van der Waals surface area contributed by atoms with Gasteiger partial charge in [-0.25, -0.2) is 4.98 Å². The molecule has 2 aromatic rings. The highest BCUT2D eigenvalue weighted by Crippen LogP contribution is 2.25. The molecule has 0 atom stereocenters. The number of nitrogens with zero attached hydrogens (tertiary/aromatic N) is 2. The van der Waals surface area contributed by atoms with Gasteiger partial charge in [-0.1, -0.05) is 17.7 Å². The number of halogens is 1. The van der Waals surface area contributed by atoms with E-state index < -0.39 is 0 Å². The summed E-state index contributed by atoms with van der Waals surface area (Å²) in [6, 6.07) is 11.1. The fourth-order valence-electron chi connectivity index (χ4n) is 1.44. The molecule has 0 spiro atoms. The molecule has 0 fully saturated rings. The maximum absolute atomic E-state index is 8.80. The minimum atomic E-state index is 0.561. The van der Waals surface area contributed by atoms with Crippen LogP contribution in [0.3, 0.4) is 0 Å². The van der Waals surface area contributed by atoms with Crippen molar-refractivity contribution in [3.63, 3.8) is 0 Å². The van der Waals surface area contributed by atoms with E-state index in [2.05, 4.69) is 16.4 Å². The summed E-state index contributed by atoms with van der Waals surface area (Å²) >= 11 is 6.06. The van der Waals surface area contributed by atoms with Gasteiger partial charge >= 0.3 is 0 Å². The third-order valence-electron chi connectivity index (χ3n) is 2.27. The number of hydrogen-bond donors (Lipinski definition) is 1. The van der Waals surface area contributed by atoms with Crippen molar-refractivity contribution in [1.29, 1.82) is 5.26 Å². The third-order valence-corrected chi connectivity index (χ3v) is 2.60. The van der Waals surface area contributed by atoms with Crippen LogP contribution >= 0.6 is 11.6 Å². The van der Waals surface area contributed by atoms with Gasteiger partial charge in [-0.15, -0.1) is 0 Å². The van der Waals surface area contributed by atoms with Crippen molar-refractivity contribution in [3.8, 4) is 6.07 Å². The van der Waals surface area contributed by atoms with Crippen LogP contribution in [0.5, 0.6) is 0 Å². The van der Waals surface area contributed by atoms with Gasteiger partial charge < -0.3 is 5.32 Å². The average molecular weight is 244 g/mol. The quantitative estimate of drug-likeness (QED) is 0.876. The zero-order valence-electron chi connectivity index (χ0n) is 9.24. The Morgan fingerprint density at radius 2 is 2.12 bits per heavy atom. The predicted octanol–water partition coefficient (Wildman–Crippen LogP) is 3.66. The Bertz CT molecular complexity index is 587. The van der Waals surface area contributed by atoms with Crippen LogP contribution in [0.4, 0.5) is 11.5 Å². The van der Waals surface area contributed by atoms with Gasteiger partial charge in [0.1, 0.15) is 5.82 Å². The zero-order chi connectivity index (χ0) is 12.3. The SMILES string of the molecule is Cc1ccc(Cl)c(Nc2cc(C#N)ccn2)c1. The molecular formula is C13H10ClN3. The molecular weight excluding hydrogens is 234 g/mol. The number of aryl methyl sites for hydroxylation is 1. The van der Waals surface area contributed by atoms with E-state index in [9.17, 15) is 0 Å². The van der Waals surface area contributed by atoms with Crippen LogP contribution in [0, 0.1) is 18.3 Å². The van der Waals surface area contributed by atoms with E-state index in [4.69, 9.17) is 16.9 Å². The molecule has 0 unspecified atom stereocenters. The molecule has 84 valence electrons. The van der Waals surface area contributed by atoms with E-state index in [0.29, 0.717) is 16.4 Å². The topological polar surface area (TPSA) is 48.7 Å². The lowest BCUT2D eigenvalue weighted by molar-refractivity contribution is 1.29. The molecule has 0 saturated heterocycles. The van der Waals surface area contributed by atoms with Crippen LogP contribution in [0.1, 0.15) is 11.1 Å². The minimum Gasteiger partial charge on any atom is -0.339 e. The zero-order valence-corrected chi connectivity index (χ0v) is 9.99. The lowest BCUT2D eigenvalue weighted by Crippen LogP contribution is -1.95. The second kappa shape index (κ2) is 4.86. The van der Waals surface area contributed by atoms with Crippen molar-refractivity contribution in [1.82, 2.24) is 4.98 Å². The number of anilines is 2. The van der Waals surface area contributed by atoms with E-state index in [1.54, 1.807) is 18.3 Å². The first-order chi connectivity index (χ1) is 8.19. The van der Waals surface area contributed by atoms with E-state index in [0.717, 1.165) is 11.3 Å². The summed E-state index contributed by atoms with van der Waals surface area (Å²) in [6.07, 6.45) is 1.59. The van der Waals surface area contributed by atoms with Gasteiger partial charge in [0.05, 0.1) is 22.3 Å². The van der Waals surface area contributed by atoms with Gasteiger partial charge in [0, 0.05) is 6.20 Å². The number of pyridine rings is 1. The molecule has 2 rings (SSSR count). The first kappa shape index (κ1) is 11.4. The highest BCUT2D eigenvalue weighted by molar-refractivity contribution is 6.33. The van der Waals surface area contributed by atoms with Gasteiger partial charge in [0.25, 0.3) is 0 Å². The molecule has 0 aliphatic rings. The molecule has 0 radical (unpaired) electrons. The second-order valence-corrected chi connectivity index (χ2v) is 4.06. The number of aromatic nitrogens is 1. The maximum Gasteiger partial charge on any atom is 0.131 e.